The summed E-state index contributed by atoms with van der Waals surface area (Å²) >= 11 is 0. The van der Waals surface area contributed by atoms with E-state index in [2.05, 4.69) is 59.2 Å². The molecule has 0 aliphatic carbocycles. The standard InChI is InChI=1S/C17H20N4/c1-3-21-17-9-5-4-8-14(17)16(20-21)12-18-11-15-13(2)7-6-10-19-15/h4-10,18H,3,11-12H2,1-2H3. The van der Waals surface area contributed by atoms with Crippen molar-refractivity contribution in [1.29, 1.82) is 0 Å². The van der Waals surface area contributed by atoms with Crippen molar-refractivity contribution in [2.24, 2.45) is 0 Å². The van der Waals surface area contributed by atoms with Gasteiger partial charge in [-0.15, -0.1) is 0 Å². The molecule has 0 radical (unpaired) electrons. The van der Waals surface area contributed by atoms with Crippen LogP contribution in [0.2, 0.25) is 0 Å². The van der Waals surface area contributed by atoms with Gasteiger partial charge in [0, 0.05) is 31.2 Å². The molecule has 108 valence electrons. The van der Waals surface area contributed by atoms with E-state index in [9.17, 15) is 0 Å². The van der Waals surface area contributed by atoms with Crippen LogP contribution in [0, 0.1) is 6.92 Å². The van der Waals surface area contributed by atoms with Gasteiger partial charge in [-0.05, 0) is 31.5 Å². The van der Waals surface area contributed by atoms with Crippen LogP contribution >= 0.6 is 0 Å². The molecule has 0 unspecified atom stereocenters. The number of rotatable bonds is 5. The first kappa shape index (κ1) is 13.8. The summed E-state index contributed by atoms with van der Waals surface area (Å²) in [6.07, 6.45) is 1.84. The van der Waals surface area contributed by atoms with Gasteiger partial charge in [0.25, 0.3) is 0 Å². The van der Waals surface area contributed by atoms with Gasteiger partial charge in [-0.3, -0.25) is 9.67 Å². The molecule has 2 aromatic heterocycles. The molecule has 1 N–H and O–H groups in total. The molecule has 0 aliphatic rings. The summed E-state index contributed by atoms with van der Waals surface area (Å²) in [6.45, 7) is 6.61. The van der Waals surface area contributed by atoms with Gasteiger partial charge in [0.05, 0.1) is 16.9 Å². The molecule has 3 aromatic rings. The highest BCUT2D eigenvalue weighted by atomic mass is 15.3. The van der Waals surface area contributed by atoms with Crippen molar-refractivity contribution in [3.05, 3.63) is 59.5 Å². The summed E-state index contributed by atoms with van der Waals surface area (Å²) in [4.78, 5) is 4.41. The second-order valence-electron chi connectivity index (χ2n) is 5.15. The molecule has 0 fully saturated rings. The van der Waals surface area contributed by atoms with Gasteiger partial charge in [-0.2, -0.15) is 5.10 Å². The number of nitrogens with zero attached hydrogens (tertiary/aromatic N) is 3. The Hall–Kier alpha value is -2.20. The normalized spacial score (nSPS) is 11.1. The van der Waals surface area contributed by atoms with Crippen LogP contribution in [0.4, 0.5) is 0 Å². The summed E-state index contributed by atoms with van der Waals surface area (Å²) in [6, 6.07) is 12.4. The first-order chi connectivity index (χ1) is 10.3. The SMILES string of the molecule is CCn1nc(CNCc2ncccc2C)c2ccccc21. The number of nitrogens with one attached hydrogen (secondary N) is 1. The molecular formula is C17H20N4. The van der Waals surface area contributed by atoms with E-state index in [1.165, 1.54) is 16.5 Å². The zero-order valence-corrected chi connectivity index (χ0v) is 12.5. The smallest absolute Gasteiger partial charge is 0.0841 e. The molecule has 0 spiro atoms. The number of fused-ring (bicyclic) bond motifs is 1. The van der Waals surface area contributed by atoms with Crippen LogP contribution in [-0.2, 0) is 19.6 Å². The Morgan fingerprint density at radius 2 is 1.86 bits per heavy atom. The van der Waals surface area contributed by atoms with Crippen LogP contribution in [0.15, 0.2) is 42.6 Å². The lowest BCUT2D eigenvalue weighted by Gasteiger charge is -2.05. The van der Waals surface area contributed by atoms with Crippen LogP contribution in [0.25, 0.3) is 10.9 Å². The Labute approximate surface area is 124 Å². The van der Waals surface area contributed by atoms with Crippen molar-refractivity contribution in [2.75, 3.05) is 0 Å². The minimum absolute atomic E-state index is 0.753. The van der Waals surface area contributed by atoms with Crippen molar-refractivity contribution >= 4 is 10.9 Å². The van der Waals surface area contributed by atoms with Gasteiger partial charge in [0.15, 0.2) is 0 Å². The van der Waals surface area contributed by atoms with E-state index in [0.29, 0.717) is 0 Å². The largest absolute Gasteiger partial charge is 0.305 e. The summed E-state index contributed by atoms with van der Waals surface area (Å²) in [5.41, 5.74) is 4.61. The van der Waals surface area contributed by atoms with Crippen molar-refractivity contribution < 1.29 is 0 Å². The number of hydrogen-bond donors (Lipinski definition) is 1. The van der Waals surface area contributed by atoms with Crippen LogP contribution in [-0.4, -0.2) is 14.8 Å². The second-order valence-corrected chi connectivity index (χ2v) is 5.15. The monoisotopic (exact) mass is 280 g/mol. The van der Waals surface area contributed by atoms with Gasteiger partial charge >= 0.3 is 0 Å². The highest BCUT2D eigenvalue weighted by Gasteiger charge is 2.08. The Balaban J connectivity index is 1.75. The molecule has 0 aliphatic heterocycles. The molecule has 1 aromatic carbocycles. The molecule has 3 rings (SSSR count). The number of para-hydroxylation sites is 1. The van der Waals surface area contributed by atoms with Crippen LogP contribution in [0.5, 0.6) is 0 Å². The van der Waals surface area contributed by atoms with Crippen LogP contribution in [0.1, 0.15) is 23.9 Å². The number of hydrogen-bond acceptors (Lipinski definition) is 3. The fourth-order valence-corrected chi connectivity index (χ4v) is 2.57. The minimum atomic E-state index is 0.753. The lowest BCUT2D eigenvalue weighted by molar-refractivity contribution is 0.626. The molecule has 0 saturated heterocycles. The zero-order chi connectivity index (χ0) is 14.7. The Bertz CT molecular complexity index is 745. The Kier molecular flexibility index (Phi) is 3.97. The van der Waals surface area contributed by atoms with Crippen LogP contribution in [0.3, 0.4) is 0 Å². The predicted molar refractivity (Wildman–Crippen MR) is 84.9 cm³/mol. The van der Waals surface area contributed by atoms with Gasteiger partial charge in [0.1, 0.15) is 0 Å². The van der Waals surface area contributed by atoms with Crippen molar-refractivity contribution in [1.82, 2.24) is 20.1 Å². The fraction of sp³-hybridized carbons (Fsp3) is 0.294. The number of pyridine rings is 1. The van der Waals surface area contributed by atoms with Crippen molar-refractivity contribution in [2.45, 2.75) is 33.5 Å². The van der Waals surface area contributed by atoms with E-state index in [4.69, 9.17) is 5.10 Å². The lowest BCUT2D eigenvalue weighted by atomic mass is 10.2. The third kappa shape index (κ3) is 2.81. The first-order valence-corrected chi connectivity index (χ1v) is 7.35. The van der Waals surface area contributed by atoms with Gasteiger partial charge in [-0.25, -0.2) is 0 Å². The van der Waals surface area contributed by atoms with Gasteiger partial charge < -0.3 is 5.32 Å². The first-order valence-electron chi connectivity index (χ1n) is 7.35. The number of aromatic nitrogens is 3. The summed E-state index contributed by atoms with van der Waals surface area (Å²) in [5.74, 6) is 0. The number of benzene rings is 1. The van der Waals surface area contributed by atoms with Gasteiger partial charge in [-0.1, -0.05) is 24.3 Å². The molecule has 21 heavy (non-hydrogen) atoms. The van der Waals surface area contributed by atoms with Crippen molar-refractivity contribution in [3.63, 3.8) is 0 Å². The van der Waals surface area contributed by atoms with E-state index >= 15 is 0 Å². The van der Waals surface area contributed by atoms with E-state index in [1.54, 1.807) is 0 Å². The zero-order valence-electron chi connectivity index (χ0n) is 12.5. The summed E-state index contributed by atoms with van der Waals surface area (Å²) in [5, 5.41) is 9.37. The quantitative estimate of drug-likeness (QED) is 0.781. The van der Waals surface area contributed by atoms with E-state index < -0.39 is 0 Å². The average Bonchev–Trinajstić information content (AvgIpc) is 2.88. The number of aryl methyl sites for hydroxylation is 2. The Morgan fingerprint density at radius 1 is 1.05 bits per heavy atom. The lowest BCUT2D eigenvalue weighted by Crippen LogP contribution is -2.15. The predicted octanol–water partition coefficient (Wildman–Crippen LogP) is 3.05. The van der Waals surface area contributed by atoms with Crippen LogP contribution < -0.4 is 5.32 Å². The molecule has 0 saturated carbocycles. The third-order valence-corrected chi connectivity index (χ3v) is 3.74. The van der Waals surface area contributed by atoms with E-state index in [0.717, 1.165) is 31.0 Å². The third-order valence-electron chi connectivity index (χ3n) is 3.74. The highest BCUT2D eigenvalue weighted by Crippen LogP contribution is 2.18. The van der Waals surface area contributed by atoms with Gasteiger partial charge in [0.2, 0.25) is 0 Å². The summed E-state index contributed by atoms with van der Waals surface area (Å²) in [7, 11) is 0. The Morgan fingerprint density at radius 3 is 2.67 bits per heavy atom. The topological polar surface area (TPSA) is 42.7 Å². The molecule has 2 heterocycles. The maximum absolute atomic E-state index is 4.70. The molecule has 0 amide bonds. The average molecular weight is 280 g/mol. The molecule has 0 bridgehead atoms. The van der Waals surface area contributed by atoms with E-state index in [-0.39, 0.29) is 0 Å². The second kappa shape index (κ2) is 6.06. The van der Waals surface area contributed by atoms with E-state index in [1.807, 2.05) is 12.3 Å². The fourth-order valence-electron chi connectivity index (χ4n) is 2.57. The minimum Gasteiger partial charge on any atom is -0.305 e. The maximum Gasteiger partial charge on any atom is 0.0841 e. The molecular weight excluding hydrogens is 260 g/mol. The molecule has 4 heteroatoms. The highest BCUT2D eigenvalue weighted by molar-refractivity contribution is 5.81. The molecule has 0 atom stereocenters. The summed E-state index contributed by atoms with van der Waals surface area (Å²) < 4.78 is 2.05. The maximum atomic E-state index is 4.70. The van der Waals surface area contributed by atoms with Crippen molar-refractivity contribution in [3.8, 4) is 0 Å². The molecule has 4 nitrogen and oxygen atoms in total.